The van der Waals surface area contributed by atoms with Gasteiger partial charge in [-0.25, -0.2) is 8.42 Å². The van der Waals surface area contributed by atoms with Crippen LogP contribution in [-0.2, 0) is 13.8 Å². The summed E-state index contributed by atoms with van der Waals surface area (Å²) in [5.74, 6) is 0.720. The van der Waals surface area contributed by atoms with E-state index in [4.69, 9.17) is 15.4 Å². The highest BCUT2D eigenvalue weighted by Crippen LogP contribution is 2.31. The van der Waals surface area contributed by atoms with E-state index in [2.05, 4.69) is 6.92 Å². The lowest BCUT2D eigenvalue weighted by atomic mass is 9.82. The molecule has 1 saturated carbocycles. The van der Waals surface area contributed by atoms with Crippen LogP contribution in [0.3, 0.4) is 0 Å². The summed E-state index contributed by atoms with van der Waals surface area (Å²) >= 11 is 0. The summed E-state index contributed by atoms with van der Waals surface area (Å²) < 4.78 is 28.5. The Morgan fingerprint density at radius 1 is 1.21 bits per heavy atom. The molecular formula is C14H27ClO3S. The van der Waals surface area contributed by atoms with Crippen LogP contribution in [0.25, 0.3) is 0 Å². The molecule has 0 amide bonds. The Morgan fingerprint density at radius 2 is 1.74 bits per heavy atom. The molecule has 3 nitrogen and oxygen atoms in total. The van der Waals surface area contributed by atoms with E-state index in [0.29, 0.717) is 12.7 Å². The van der Waals surface area contributed by atoms with Crippen LogP contribution in [0.15, 0.2) is 0 Å². The molecule has 19 heavy (non-hydrogen) atoms. The zero-order chi connectivity index (χ0) is 14.7. The Bertz CT molecular complexity index is 365. The van der Waals surface area contributed by atoms with Gasteiger partial charge in [0.2, 0.25) is 9.05 Å². The molecule has 0 heterocycles. The zero-order valence-electron chi connectivity index (χ0n) is 12.5. The van der Waals surface area contributed by atoms with Crippen molar-refractivity contribution < 1.29 is 13.2 Å². The van der Waals surface area contributed by atoms with Gasteiger partial charge >= 0.3 is 0 Å². The lowest BCUT2D eigenvalue weighted by Crippen LogP contribution is -2.33. The predicted octanol–water partition coefficient (Wildman–Crippen LogP) is 3.81. The van der Waals surface area contributed by atoms with Gasteiger partial charge in [0, 0.05) is 16.6 Å². The molecule has 0 N–H and O–H groups in total. The second-order valence-electron chi connectivity index (χ2n) is 6.98. The maximum absolute atomic E-state index is 11.3. The number of ether oxygens (including phenoxy) is 1. The van der Waals surface area contributed by atoms with E-state index in [1.54, 1.807) is 0 Å². The third-order valence-corrected chi connectivity index (χ3v) is 5.30. The lowest BCUT2D eigenvalue weighted by molar-refractivity contribution is -0.0147. The molecule has 1 fully saturated rings. The molecule has 0 aromatic carbocycles. The van der Waals surface area contributed by atoms with Gasteiger partial charge in [-0.15, -0.1) is 0 Å². The van der Waals surface area contributed by atoms with Gasteiger partial charge in [-0.2, -0.15) is 0 Å². The van der Waals surface area contributed by atoms with E-state index >= 15 is 0 Å². The van der Waals surface area contributed by atoms with Crippen molar-refractivity contribution in [2.24, 2.45) is 17.3 Å². The Morgan fingerprint density at radius 3 is 2.16 bits per heavy atom. The lowest BCUT2D eigenvalue weighted by Gasteiger charge is -2.33. The first-order valence-corrected chi connectivity index (χ1v) is 9.59. The minimum absolute atomic E-state index is 0.0127. The van der Waals surface area contributed by atoms with Crippen molar-refractivity contribution in [2.75, 3.05) is 12.4 Å². The quantitative estimate of drug-likeness (QED) is 0.725. The van der Waals surface area contributed by atoms with Crippen molar-refractivity contribution in [2.45, 2.75) is 59.5 Å². The summed E-state index contributed by atoms with van der Waals surface area (Å²) in [6.45, 7) is 8.85. The summed E-state index contributed by atoms with van der Waals surface area (Å²) in [4.78, 5) is 0. The van der Waals surface area contributed by atoms with Crippen molar-refractivity contribution in [3.8, 4) is 0 Å². The molecule has 0 spiro atoms. The van der Waals surface area contributed by atoms with Gasteiger partial charge in [0.1, 0.15) is 0 Å². The van der Waals surface area contributed by atoms with Crippen LogP contribution < -0.4 is 0 Å². The van der Waals surface area contributed by atoms with Crippen molar-refractivity contribution in [1.82, 2.24) is 0 Å². The first-order chi connectivity index (χ1) is 8.58. The molecule has 5 heteroatoms. The third kappa shape index (κ3) is 6.96. The molecule has 1 rings (SSSR count). The fourth-order valence-corrected chi connectivity index (χ4v) is 3.97. The SMILES string of the molecule is CC1CCC(OCC(CS(=O)(=O)Cl)C(C)(C)C)CC1. The topological polar surface area (TPSA) is 43.4 Å². The normalized spacial score (nSPS) is 27.2. The van der Waals surface area contributed by atoms with Gasteiger partial charge in [-0.05, 0) is 37.0 Å². The van der Waals surface area contributed by atoms with E-state index in [9.17, 15) is 8.42 Å². The molecule has 0 bridgehead atoms. The van der Waals surface area contributed by atoms with Gasteiger partial charge < -0.3 is 4.74 Å². The largest absolute Gasteiger partial charge is 0.378 e. The minimum atomic E-state index is -3.48. The van der Waals surface area contributed by atoms with Crippen LogP contribution in [-0.4, -0.2) is 26.9 Å². The summed E-state index contributed by atoms with van der Waals surface area (Å²) in [6, 6.07) is 0. The van der Waals surface area contributed by atoms with Crippen LogP contribution in [0.4, 0.5) is 0 Å². The van der Waals surface area contributed by atoms with E-state index in [0.717, 1.165) is 18.8 Å². The number of halogens is 1. The second kappa shape index (κ2) is 6.77. The molecular weight excluding hydrogens is 284 g/mol. The third-order valence-electron chi connectivity index (χ3n) is 4.12. The van der Waals surface area contributed by atoms with Gasteiger partial charge in [-0.1, -0.05) is 27.7 Å². The fourth-order valence-electron chi connectivity index (χ4n) is 2.44. The van der Waals surface area contributed by atoms with Crippen LogP contribution in [0.5, 0.6) is 0 Å². The van der Waals surface area contributed by atoms with E-state index < -0.39 is 9.05 Å². The highest BCUT2D eigenvalue weighted by atomic mass is 35.7. The first-order valence-electron chi connectivity index (χ1n) is 7.12. The average molecular weight is 311 g/mol. The fraction of sp³-hybridized carbons (Fsp3) is 1.00. The molecule has 0 aromatic heterocycles. The monoisotopic (exact) mass is 310 g/mol. The minimum Gasteiger partial charge on any atom is -0.378 e. The molecule has 1 aliphatic carbocycles. The van der Waals surface area contributed by atoms with E-state index in [1.807, 2.05) is 20.8 Å². The van der Waals surface area contributed by atoms with Crippen molar-refractivity contribution in [1.29, 1.82) is 0 Å². The maximum Gasteiger partial charge on any atom is 0.232 e. The summed E-state index contributed by atoms with van der Waals surface area (Å²) in [7, 11) is 1.92. The van der Waals surface area contributed by atoms with Crippen molar-refractivity contribution >= 4 is 19.7 Å². The Labute approximate surface area is 122 Å². The molecule has 0 aromatic rings. The van der Waals surface area contributed by atoms with Crippen LogP contribution in [0, 0.1) is 17.3 Å². The first kappa shape index (κ1) is 17.3. The molecule has 1 atom stereocenters. The number of hydrogen-bond acceptors (Lipinski definition) is 3. The molecule has 0 radical (unpaired) electrons. The highest BCUT2D eigenvalue weighted by molar-refractivity contribution is 8.13. The van der Waals surface area contributed by atoms with E-state index in [-0.39, 0.29) is 17.1 Å². The Balaban J connectivity index is 2.49. The maximum atomic E-state index is 11.3. The van der Waals surface area contributed by atoms with Crippen LogP contribution >= 0.6 is 10.7 Å². The van der Waals surface area contributed by atoms with Gasteiger partial charge in [0.05, 0.1) is 18.5 Å². The molecule has 0 saturated heterocycles. The average Bonchev–Trinajstić information content (AvgIpc) is 2.23. The summed E-state index contributed by atoms with van der Waals surface area (Å²) in [6.07, 6.45) is 4.88. The standard InChI is InChI=1S/C14H27ClO3S/c1-11-5-7-13(8-6-11)18-9-12(14(2,3)4)10-19(15,16)17/h11-13H,5-10H2,1-4H3. The highest BCUT2D eigenvalue weighted by Gasteiger charge is 2.30. The molecule has 1 unspecified atom stereocenters. The number of hydrogen-bond donors (Lipinski definition) is 0. The second-order valence-corrected chi connectivity index (χ2v) is 9.81. The van der Waals surface area contributed by atoms with Crippen LogP contribution in [0.1, 0.15) is 53.4 Å². The van der Waals surface area contributed by atoms with E-state index in [1.165, 1.54) is 12.8 Å². The smallest absolute Gasteiger partial charge is 0.232 e. The zero-order valence-corrected chi connectivity index (χ0v) is 14.1. The summed E-state index contributed by atoms with van der Waals surface area (Å²) in [5.41, 5.74) is -0.121. The Hall–Kier alpha value is 0.200. The van der Waals surface area contributed by atoms with Gasteiger partial charge in [-0.3, -0.25) is 0 Å². The predicted molar refractivity (Wildman–Crippen MR) is 80.0 cm³/mol. The summed E-state index contributed by atoms with van der Waals surface area (Å²) in [5, 5.41) is 0. The molecule has 1 aliphatic rings. The van der Waals surface area contributed by atoms with Crippen LogP contribution in [0.2, 0.25) is 0 Å². The van der Waals surface area contributed by atoms with Crippen molar-refractivity contribution in [3.63, 3.8) is 0 Å². The van der Waals surface area contributed by atoms with Gasteiger partial charge in [0.15, 0.2) is 0 Å². The Kier molecular flexibility index (Phi) is 6.15. The van der Waals surface area contributed by atoms with Gasteiger partial charge in [0.25, 0.3) is 0 Å². The number of rotatable bonds is 5. The van der Waals surface area contributed by atoms with Crippen molar-refractivity contribution in [3.05, 3.63) is 0 Å². The molecule has 114 valence electrons. The molecule has 0 aliphatic heterocycles.